The molecule has 0 aromatic heterocycles. The number of nitrogens with one attached hydrogen (secondary N) is 1. The molecule has 3 heterocycles. The van der Waals surface area contributed by atoms with Crippen LogP contribution in [0.1, 0.15) is 57.8 Å². The first-order valence-electron chi connectivity index (χ1n) is 13.4. The predicted molar refractivity (Wildman–Crippen MR) is 154 cm³/mol. The number of likely N-dealkylation sites (tertiary alicyclic amines) is 1. The van der Waals surface area contributed by atoms with Crippen LogP contribution in [0.3, 0.4) is 0 Å². The Balaban J connectivity index is 0.000000401. The van der Waals surface area contributed by atoms with E-state index in [2.05, 4.69) is 5.32 Å². The summed E-state index contributed by atoms with van der Waals surface area (Å²) in [5.41, 5.74) is 1.99. The standard InChI is InChI=1S/C23H25ClN2O4.C5H10O2.C2H6/c1-4-21-23(30-18-8-6-16(24)14-17(18)25-21)9-11-26(12-10-23)22(27)15-5-7-19(28-2)20(13-15)29-3;1-5(2)6-3-4-7-5;1-2/h4-8,13-14,25H,9-12H2,1-3H3;3-4H2,1-2H3;1-2H3/b21-4-;;. The van der Waals surface area contributed by atoms with Crippen molar-refractivity contribution < 1.29 is 28.5 Å². The van der Waals surface area contributed by atoms with Crippen molar-refractivity contribution in [3.63, 3.8) is 0 Å². The maximum atomic E-state index is 13.1. The second-order valence-electron chi connectivity index (χ2n) is 9.52. The maximum Gasteiger partial charge on any atom is 0.253 e. The van der Waals surface area contributed by atoms with Crippen LogP contribution in [0, 0.1) is 0 Å². The van der Waals surface area contributed by atoms with Gasteiger partial charge in [-0.05, 0) is 57.2 Å². The molecule has 8 nitrogen and oxygen atoms in total. The van der Waals surface area contributed by atoms with E-state index in [4.69, 9.17) is 35.3 Å². The highest BCUT2D eigenvalue weighted by atomic mass is 35.5. The van der Waals surface area contributed by atoms with E-state index in [0.717, 1.165) is 30.3 Å². The summed E-state index contributed by atoms with van der Waals surface area (Å²) in [7, 11) is 3.14. The molecule has 2 aromatic rings. The van der Waals surface area contributed by atoms with Gasteiger partial charge in [0.1, 0.15) is 5.75 Å². The number of halogens is 1. The molecule has 0 unspecified atom stereocenters. The highest BCUT2D eigenvalue weighted by Gasteiger charge is 2.44. The van der Waals surface area contributed by atoms with E-state index in [1.165, 1.54) is 0 Å². The Morgan fingerprint density at radius 3 is 2.18 bits per heavy atom. The Bertz CT molecular complexity index is 1150. The molecule has 1 N–H and O–H groups in total. The SMILES string of the molecule is C/C=C1\Nc2cc(Cl)ccc2OC12CCN(C(=O)c1ccc(OC)c(OC)c1)CC2.CC.CC1(C)OCCO1. The molecule has 1 amide bonds. The number of methoxy groups -OCH3 is 2. The molecule has 2 fully saturated rings. The van der Waals surface area contributed by atoms with Crippen molar-refractivity contribution in [2.45, 2.75) is 58.8 Å². The van der Waals surface area contributed by atoms with E-state index in [0.29, 0.717) is 48.0 Å². The summed E-state index contributed by atoms with van der Waals surface area (Å²) >= 11 is 6.12. The monoisotopic (exact) mass is 560 g/mol. The molecule has 1 spiro atoms. The number of carbonyl (C=O) groups excluding carboxylic acids is 1. The Hall–Kier alpha value is -2.94. The quantitative estimate of drug-likeness (QED) is 0.457. The highest BCUT2D eigenvalue weighted by molar-refractivity contribution is 6.31. The zero-order valence-electron chi connectivity index (χ0n) is 24.1. The number of rotatable bonds is 3. The lowest BCUT2D eigenvalue weighted by Gasteiger charge is -2.46. The molecule has 39 heavy (non-hydrogen) atoms. The van der Waals surface area contributed by atoms with E-state index in [-0.39, 0.29) is 11.7 Å². The third kappa shape index (κ3) is 7.18. The maximum absolute atomic E-state index is 13.1. The molecule has 3 aliphatic rings. The van der Waals surface area contributed by atoms with Crippen LogP contribution in [0.15, 0.2) is 48.2 Å². The first-order chi connectivity index (χ1) is 18.7. The Morgan fingerprint density at radius 1 is 1.00 bits per heavy atom. The van der Waals surface area contributed by atoms with E-state index in [9.17, 15) is 4.79 Å². The number of piperidine rings is 1. The summed E-state index contributed by atoms with van der Waals surface area (Å²) in [5.74, 6) is 1.60. The number of allylic oxidation sites excluding steroid dienone is 1. The van der Waals surface area contributed by atoms with Crippen molar-refractivity contribution in [2.24, 2.45) is 0 Å². The second kappa shape index (κ2) is 13.4. The lowest BCUT2D eigenvalue weighted by molar-refractivity contribution is -0.125. The number of nitrogens with zero attached hydrogens (tertiary/aromatic N) is 1. The first kappa shape index (κ1) is 30.6. The van der Waals surface area contributed by atoms with Crippen molar-refractivity contribution in [1.29, 1.82) is 0 Å². The highest BCUT2D eigenvalue weighted by Crippen LogP contribution is 2.44. The molecule has 3 aliphatic heterocycles. The summed E-state index contributed by atoms with van der Waals surface area (Å²) in [6.07, 6.45) is 3.43. The number of hydrogen-bond donors (Lipinski definition) is 1. The van der Waals surface area contributed by atoms with Gasteiger partial charge in [-0.1, -0.05) is 31.5 Å². The minimum absolute atomic E-state index is 0.0243. The average Bonchev–Trinajstić information content (AvgIpc) is 3.37. The van der Waals surface area contributed by atoms with Gasteiger partial charge < -0.3 is 33.9 Å². The number of ether oxygens (including phenoxy) is 5. The van der Waals surface area contributed by atoms with Gasteiger partial charge in [-0.25, -0.2) is 0 Å². The zero-order valence-corrected chi connectivity index (χ0v) is 24.8. The smallest absolute Gasteiger partial charge is 0.253 e. The molecule has 2 saturated heterocycles. The third-order valence-corrected chi connectivity index (χ3v) is 7.00. The molecule has 0 radical (unpaired) electrons. The molecule has 214 valence electrons. The Morgan fingerprint density at radius 2 is 1.64 bits per heavy atom. The minimum atomic E-state index is -0.468. The van der Waals surface area contributed by atoms with Crippen molar-refractivity contribution >= 4 is 23.2 Å². The number of benzene rings is 2. The normalized spacial score (nSPS) is 19.4. The van der Waals surface area contributed by atoms with Crippen LogP contribution in [-0.4, -0.2) is 62.7 Å². The first-order valence-corrected chi connectivity index (χ1v) is 13.8. The topological polar surface area (TPSA) is 78.5 Å². The predicted octanol–water partition coefficient (Wildman–Crippen LogP) is 6.54. The lowest BCUT2D eigenvalue weighted by Crippen LogP contribution is -2.53. The van der Waals surface area contributed by atoms with Crippen molar-refractivity contribution in [1.82, 2.24) is 4.90 Å². The molecule has 0 saturated carbocycles. The summed E-state index contributed by atoms with van der Waals surface area (Å²) < 4.78 is 27.3. The molecular formula is C30H41ClN2O6. The molecule has 0 bridgehead atoms. The van der Waals surface area contributed by atoms with Gasteiger partial charge in [-0.3, -0.25) is 4.79 Å². The van der Waals surface area contributed by atoms with E-state index in [1.54, 1.807) is 32.4 Å². The van der Waals surface area contributed by atoms with Crippen molar-refractivity contribution in [2.75, 3.05) is 45.8 Å². The van der Waals surface area contributed by atoms with Gasteiger partial charge in [0.25, 0.3) is 5.91 Å². The molecule has 0 atom stereocenters. The number of carbonyl (C=O) groups is 1. The Kier molecular flexibility index (Phi) is 10.5. The molecular weight excluding hydrogens is 520 g/mol. The minimum Gasteiger partial charge on any atom is -0.493 e. The van der Waals surface area contributed by atoms with Gasteiger partial charge in [-0.2, -0.15) is 0 Å². The van der Waals surface area contributed by atoms with E-state index < -0.39 is 5.60 Å². The zero-order chi connectivity index (χ0) is 28.6. The third-order valence-electron chi connectivity index (χ3n) is 6.77. The summed E-state index contributed by atoms with van der Waals surface area (Å²) in [6, 6.07) is 10.8. The molecule has 0 aliphatic carbocycles. The fraction of sp³-hybridized carbons (Fsp3) is 0.500. The fourth-order valence-corrected chi connectivity index (χ4v) is 4.93. The number of amides is 1. The van der Waals surface area contributed by atoms with E-state index >= 15 is 0 Å². The fourth-order valence-electron chi connectivity index (χ4n) is 4.76. The van der Waals surface area contributed by atoms with Gasteiger partial charge in [0.15, 0.2) is 22.9 Å². The van der Waals surface area contributed by atoms with Crippen molar-refractivity contribution in [3.05, 3.63) is 58.8 Å². The van der Waals surface area contributed by atoms with Crippen LogP contribution in [-0.2, 0) is 9.47 Å². The van der Waals surface area contributed by atoms with Crippen LogP contribution < -0.4 is 19.5 Å². The number of anilines is 1. The summed E-state index contributed by atoms with van der Waals surface area (Å²) in [6.45, 7) is 12.5. The van der Waals surface area contributed by atoms with Crippen LogP contribution in [0.25, 0.3) is 0 Å². The molecule has 2 aromatic carbocycles. The van der Waals surface area contributed by atoms with Crippen LogP contribution in [0.2, 0.25) is 5.02 Å². The van der Waals surface area contributed by atoms with Crippen LogP contribution >= 0.6 is 11.6 Å². The molecule has 5 rings (SSSR count). The second-order valence-corrected chi connectivity index (χ2v) is 9.96. The number of fused-ring (bicyclic) bond motifs is 1. The largest absolute Gasteiger partial charge is 0.493 e. The van der Waals surface area contributed by atoms with Gasteiger partial charge >= 0.3 is 0 Å². The van der Waals surface area contributed by atoms with Gasteiger partial charge in [0.2, 0.25) is 0 Å². The summed E-state index contributed by atoms with van der Waals surface area (Å²) in [4.78, 5) is 14.9. The van der Waals surface area contributed by atoms with Crippen LogP contribution in [0.5, 0.6) is 17.2 Å². The average molecular weight is 561 g/mol. The van der Waals surface area contributed by atoms with Gasteiger partial charge in [0, 0.05) is 36.5 Å². The summed E-state index contributed by atoms with van der Waals surface area (Å²) in [5, 5.41) is 4.13. The lowest BCUT2D eigenvalue weighted by atomic mass is 9.85. The van der Waals surface area contributed by atoms with E-state index in [1.807, 2.05) is 63.8 Å². The van der Waals surface area contributed by atoms with Crippen molar-refractivity contribution in [3.8, 4) is 17.2 Å². The molecule has 9 heteroatoms. The van der Waals surface area contributed by atoms with Gasteiger partial charge in [0.05, 0.1) is 38.8 Å². The number of hydrogen-bond acceptors (Lipinski definition) is 7. The Labute approximate surface area is 237 Å². The van der Waals surface area contributed by atoms with Gasteiger partial charge in [-0.15, -0.1) is 0 Å². The van der Waals surface area contributed by atoms with Crippen LogP contribution in [0.4, 0.5) is 5.69 Å².